The number of fused-ring (bicyclic) bond motifs is 1. The van der Waals surface area contributed by atoms with E-state index in [1.807, 2.05) is 4.57 Å². The summed E-state index contributed by atoms with van der Waals surface area (Å²) in [5.74, 6) is 0.787. The Morgan fingerprint density at radius 1 is 1.42 bits per heavy atom. The molecule has 0 radical (unpaired) electrons. The molecule has 0 atom stereocenters. The molecule has 2 heterocycles. The van der Waals surface area contributed by atoms with Crippen molar-refractivity contribution in [2.45, 2.75) is 6.54 Å². The van der Waals surface area contributed by atoms with Gasteiger partial charge in [-0.1, -0.05) is 0 Å². The number of thiol groups is 1. The van der Waals surface area contributed by atoms with Gasteiger partial charge in [0.05, 0.1) is 12.5 Å². The molecule has 0 bridgehead atoms. The van der Waals surface area contributed by atoms with Crippen LogP contribution in [-0.4, -0.2) is 25.3 Å². The summed E-state index contributed by atoms with van der Waals surface area (Å²) in [6.07, 6.45) is 4.99. The molecule has 12 heavy (non-hydrogen) atoms. The normalized spacial score (nSPS) is 10.8. The lowest BCUT2D eigenvalue weighted by Crippen LogP contribution is -1.98. The quantitative estimate of drug-likeness (QED) is 0.694. The van der Waals surface area contributed by atoms with E-state index in [9.17, 15) is 0 Å². The fraction of sp³-hybridized carbons (Fsp3) is 0.286. The molecule has 0 saturated heterocycles. The van der Waals surface area contributed by atoms with Crippen LogP contribution in [0.2, 0.25) is 0 Å². The lowest BCUT2D eigenvalue weighted by atomic mass is 10.5. The van der Waals surface area contributed by atoms with Crippen LogP contribution < -0.4 is 0 Å². The Hall–Kier alpha value is -1.10. The monoisotopic (exact) mass is 180 g/mol. The second-order valence-electron chi connectivity index (χ2n) is 2.39. The van der Waals surface area contributed by atoms with Gasteiger partial charge in [-0.3, -0.25) is 0 Å². The topological polar surface area (TPSA) is 43.6 Å². The van der Waals surface area contributed by atoms with Gasteiger partial charge in [-0.15, -0.1) is 0 Å². The van der Waals surface area contributed by atoms with Crippen LogP contribution in [0, 0.1) is 0 Å². The number of hydrogen-bond donors (Lipinski definition) is 1. The molecule has 2 rings (SSSR count). The van der Waals surface area contributed by atoms with Gasteiger partial charge in [-0.2, -0.15) is 12.6 Å². The van der Waals surface area contributed by atoms with Crippen molar-refractivity contribution in [1.29, 1.82) is 0 Å². The van der Waals surface area contributed by atoms with E-state index in [2.05, 4.69) is 27.6 Å². The molecule has 62 valence electrons. The van der Waals surface area contributed by atoms with Crippen LogP contribution in [0.15, 0.2) is 18.9 Å². The van der Waals surface area contributed by atoms with E-state index < -0.39 is 0 Å². The van der Waals surface area contributed by atoms with Crippen molar-refractivity contribution in [3.8, 4) is 0 Å². The van der Waals surface area contributed by atoms with Gasteiger partial charge in [-0.05, 0) is 0 Å². The molecule has 0 unspecified atom stereocenters. The van der Waals surface area contributed by atoms with Crippen LogP contribution in [-0.2, 0) is 6.54 Å². The fourth-order valence-corrected chi connectivity index (χ4v) is 1.30. The third kappa shape index (κ3) is 1.16. The fourth-order valence-electron chi connectivity index (χ4n) is 1.09. The Labute approximate surface area is 75.1 Å². The van der Waals surface area contributed by atoms with Crippen LogP contribution in [0.4, 0.5) is 0 Å². The van der Waals surface area contributed by atoms with E-state index in [0.717, 1.165) is 23.5 Å². The highest BCUT2D eigenvalue weighted by Gasteiger charge is 2.00. The van der Waals surface area contributed by atoms with Crippen LogP contribution in [0.5, 0.6) is 0 Å². The predicted octanol–water partition coefficient (Wildman–Crippen LogP) is 0.756. The lowest BCUT2D eigenvalue weighted by Gasteiger charge is -1.97. The minimum absolute atomic E-state index is 0.787. The minimum Gasteiger partial charge on any atom is -0.314 e. The zero-order valence-corrected chi connectivity index (χ0v) is 7.28. The smallest absolute Gasteiger partial charge is 0.163 e. The first-order chi connectivity index (χ1) is 5.92. The zero-order valence-electron chi connectivity index (χ0n) is 6.38. The molecule has 5 heteroatoms. The first-order valence-electron chi connectivity index (χ1n) is 3.63. The van der Waals surface area contributed by atoms with E-state index >= 15 is 0 Å². The van der Waals surface area contributed by atoms with Crippen LogP contribution in [0.3, 0.4) is 0 Å². The van der Waals surface area contributed by atoms with Gasteiger partial charge in [0, 0.05) is 12.3 Å². The van der Waals surface area contributed by atoms with Gasteiger partial charge in [-0.25, -0.2) is 15.0 Å². The van der Waals surface area contributed by atoms with Crippen LogP contribution >= 0.6 is 12.6 Å². The Morgan fingerprint density at radius 2 is 2.33 bits per heavy atom. The van der Waals surface area contributed by atoms with Crippen molar-refractivity contribution in [2.24, 2.45) is 0 Å². The molecule has 0 aliphatic carbocycles. The van der Waals surface area contributed by atoms with Crippen molar-refractivity contribution in [3.63, 3.8) is 0 Å². The van der Waals surface area contributed by atoms with E-state index in [1.54, 1.807) is 12.5 Å². The molecule has 0 aromatic carbocycles. The third-order valence-electron chi connectivity index (χ3n) is 1.62. The summed E-state index contributed by atoms with van der Waals surface area (Å²) < 4.78 is 1.96. The van der Waals surface area contributed by atoms with Crippen LogP contribution in [0.1, 0.15) is 0 Å². The Kier molecular flexibility index (Phi) is 1.95. The van der Waals surface area contributed by atoms with Gasteiger partial charge in [0.1, 0.15) is 11.8 Å². The van der Waals surface area contributed by atoms with Crippen molar-refractivity contribution in [1.82, 2.24) is 19.5 Å². The number of imidazole rings is 1. The van der Waals surface area contributed by atoms with E-state index in [4.69, 9.17) is 0 Å². The minimum atomic E-state index is 0.787. The van der Waals surface area contributed by atoms with Crippen molar-refractivity contribution < 1.29 is 0 Å². The van der Waals surface area contributed by atoms with Crippen molar-refractivity contribution >= 4 is 23.8 Å². The molecule has 2 aromatic rings. The molecule has 2 aromatic heterocycles. The zero-order chi connectivity index (χ0) is 8.39. The Morgan fingerprint density at radius 3 is 3.17 bits per heavy atom. The number of hydrogen-bond acceptors (Lipinski definition) is 4. The van der Waals surface area contributed by atoms with Gasteiger partial charge in [0.2, 0.25) is 0 Å². The van der Waals surface area contributed by atoms with Gasteiger partial charge >= 0.3 is 0 Å². The summed E-state index contributed by atoms with van der Waals surface area (Å²) in [4.78, 5) is 12.1. The first-order valence-corrected chi connectivity index (χ1v) is 4.27. The molecule has 0 N–H and O–H groups in total. The highest BCUT2D eigenvalue weighted by atomic mass is 32.1. The molecule has 0 fully saturated rings. The maximum atomic E-state index is 4.14. The molecular formula is C7H8N4S. The Balaban J connectivity index is 2.55. The average molecular weight is 180 g/mol. The molecule has 0 saturated carbocycles. The average Bonchev–Trinajstić information content (AvgIpc) is 2.50. The van der Waals surface area contributed by atoms with E-state index in [0.29, 0.717) is 0 Å². The summed E-state index contributed by atoms with van der Waals surface area (Å²) in [5.41, 5.74) is 1.71. The molecule has 4 nitrogen and oxygen atoms in total. The van der Waals surface area contributed by atoms with Crippen molar-refractivity contribution in [2.75, 3.05) is 5.75 Å². The maximum absolute atomic E-state index is 4.14. The largest absolute Gasteiger partial charge is 0.314 e. The summed E-state index contributed by atoms with van der Waals surface area (Å²) in [7, 11) is 0. The van der Waals surface area contributed by atoms with Crippen molar-refractivity contribution in [3.05, 3.63) is 18.9 Å². The molecule has 0 aliphatic heterocycles. The molecule has 0 amide bonds. The SMILES string of the molecule is SCCn1cnc2cncnc21. The third-order valence-corrected chi connectivity index (χ3v) is 1.82. The van der Waals surface area contributed by atoms with Gasteiger partial charge in [0.15, 0.2) is 5.65 Å². The molecule has 0 aliphatic rings. The first kappa shape index (κ1) is 7.54. The Bertz CT molecular complexity index is 384. The second kappa shape index (κ2) is 3.10. The highest BCUT2D eigenvalue weighted by Crippen LogP contribution is 2.06. The maximum Gasteiger partial charge on any atom is 0.163 e. The number of aryl methyl sites for hydroxylation is 1. The number of aromatic nitrogens is 4. The van der Waals surface area contributed by atoms with E-state index in [1.165, 1.54) is 6.33 Å². The highest BCUT2D eigenvalue weighted by molar-refractivity contribution is 7.80. The van der Waals surface area contributed by atoms with E-state index in [-0.39, 0.29) is 0 Å². The second-order valence-corrected chi connectivity index (χ2v) is 2.84. The molecular weight excluding hydrogens is 172 g/mol. The molecule has 0 spiro atoms. The summed E-state index contributed by atoms with van der Waals surface area (Å²) in [5, 5.41) is 0. The summed E-state index contributed by atoms with van der Waals surface area (Å²) in [6.45, 7) is 0.830. The standard InChI is InChI=1S/C7H8N4S/c12-2-1-11-5-10-6-3-8-4-9-7(6)11/h3-5,12H,1-2H2. The summed E-state index contributed by atoms with van der Waals surface area (Å²) >= 11 is 4.14. The predicted molar refractivity (Wildman–Crippen MR) is 49.2 cm³/mol. The summed E-state index contributed by atoms with van der Waals surface area (Å²) in [6, 6.07) is 0. The number of nitrogens with zero attached hydrogens (tertiary/aromatic N) is 4. The van der Waals surface area contributed by atoms with Gasteiger partial charge < -0.3 is 4.57 Å². The van der Waals surface area contributed by atoms with Gasteiger partial charge in [0.25, 0.3) is 0 Å². The van der Waals surface area contributed by atoms with Crippen LogP contribution in [0.25, 0.3) is 11.2 Å². The lowest BCUT2D eigenvalue weighted by molar-refractivity contribution is 0.788. The number of rotatable bonds is 2.